The first-order valence-corrected chi connectivity index (χ1v) is 3.27. The SMILES string of the molecule is [2H]C([2H])([2H])C([2H])([2H])C([2H])([2H])c1ncc(Br)cn1. The molecule has 0 aromatic carbocycles. The largest absolute Gasteiger partial charge is 0.240 e. The first kappa shape index (κ1) is 2.55. The number of nitrogens with zero attached hydrogens (tertiary/aromatic N) is 2. The van der Waals surface area contributed by atoms with Gasteiger partial charge >= 0.3 is 0 Å². The average molecular weight is 208 g/mol. The lowest BCUT2D eigenvalue weighted by atomic mass is 10.3. The minimum atomic E-state index is -3.10. The van der Waals surface area contributed by atoms with Crippen molar-refractivity contribution in [3.63, 3.8) is 0 Å². The van der Waals surface area contributed by atoms with Gasteiger partial charge in [-0.25, -0.2) is 9.97 Å². The molecule has 54 valence electrons. The Morgan fingerprint density at radius 1 is 1.70 bits per heavy atom. The molecule has 3 heteroatoms. The first-order chi connectivity index (χ1) is 7.50. The molecule has 0 atom stereocenters. The summed E-state index contributed by atoms with van der Waals surface area (Å²) >= 11 is 3.05. The number of hydrogen-bond acceptors (Lipinski definition) is 2. The maximum absolute atomic E-state index is 7.59. The lowest BCUT2D eigenvalue weighted by molar-refractivity contribution is 0.832. The first-order valence-electron chi connectivity index (χ1n) is 5.98. The summed E-state index contributed by atoms with van der Waals surface area (Å²) in [6.07, 6.45) is -3.42. The van der Waals surface area contributed by atoms with Gasteiger partial charge in [0.25, 0.3) is 0 Å². The van der Waals surface area contributed by atoms with Gasteiger partial charge < -0.3 is 0 Å². The van der Waals surface area contributed by atoms with Gasteiger partial charge in [-0.2, -0.15) is 0 Å². The van der Waals surface area contributed by atoms with Crippen molar-refractivity contribution in [3.8, 4) is 0 Å². The van der Waals surface area contributed by atoms with Gasteiger partial charge in [0.1, 0.15) is 5.82 Å². The Morgan fingerprint density at radius 3 is 3.00 bits per heavy atom. The van der Waals surface area contributed by atoms with E-state index in [9.17, 15) is 0 Å². The molecule has 0 spiro atoms. The Bertz CT molecular complexity index is 400. The van der Waals surface area contributed by atoms with Crippen LogP contribution in [0.3, 0.4) is 0 Å². The highest BCUT2D eigenvalue weighted by atomic mass is 79.9. The summed E-state index contributed by atoms with van der Waals surface area (Å²) in [5.74, 6) is -0.498. The summed E-state index contributed by atoms with van der Waals surface area (Å²) in [5, 5.41) is 0. The molecule has 0 saturated carbocycles. The molecule has 2 nitrogen and oxygen atoms in total. The Balaban J connectivity index is 3.23. The number of rotatable bonds is 2. The molecule has 1 heterocycles. The van der Waals surface area contributed by atoms with Crippen LogP contribution in [0.25, 0.3) is 0 Å². The molecule has 0 aliphatic heterocycles. The van der Waals surface area contributed by atoms with E-state index in [0.717, 1.165) is 0 Å². The second-order valence-electron chi connectivity index (χ2n) is 1.47. The summed E-state index contributed by atoms with van der Waals surface area (Å²) in [4.78, 5) is 7.21. The molecule has 0 radical (unpaired) electrons. The maximum atomic E-state index is 7.59. The molecular formula is C7H9BrN2. The molecule has 0 fully saturated rings. The highest BCUT2D eigenvalue weighted by Crippen LogP contribution is 2.04. The van der Waals surface area contributed by atoms with Gasteiger partial charge in [0.2, 0.25) is 0 Å². The second kappa shape index (κ2) is 3.66. The molecular weight excluding hydrogens is 192 g/mol. The van der Waals surface area contributed by atoms with E-state index >= 15 is 0 Å². The van der Waals surface area contributed by atoms with Crippen LogP contribution in [0.4, 0.5) is 0 Å². The zero-order valence-electron chi connectivity index (χ0n) is 11.9. The van der Waals surface area contributed by atoms with Crippen LogP contribution in [0, 0.1) is 0 Å². The van der Waals surface area contributed by atoms with E-state index < -0.39 is 25.4 Å². The topological polar surface area (TPSA) is 25.8 Å². The fourth-order valence-electron chi connectivity index (χ4n) is 0.433. The van der Waals surface area contributed by atoms with Gasteiger partial charge in [0.05, 0.1) is 4.47 Å². The maximum Gasteiger partial charge on any atom is 0.128 e. The van der Waals surface area contributed by atoms with E-state index in [0.29, 0.717) is 4.47 Å². The van der Waals surface area contributed by atoms with Crippen molar-refractivity contribution in [1.29, 1.82) is 0 Å². The van der Waals surface area contributed by atoms with Crippen molar-refractivity contribution in [2.24, 2.45) is 0 Å². The summed E-state index contributed by atoms with van der Waals surface area (Å²) in [5.41, 5.74) is 0. The molecule has 10 heavy (non-hydrogen) atoms. The van der Waals surface area contributed by atoms with Crippen molar-refractivity contribution in [3.05, 3.63) is 22.7 Å². The van der Waals surface area contributed by atoms with Gasteiger partial charge in [0, 0.05) is 28.4 Å². The van der Waals surface area contributed by atoms with E-state index in [2.05, 4.69) is 25.9 Å². The van der Waals surface area contributed by atoms with Crippen LogP contribution in [0.2, 0.25) is 0 Å². The Labute approximate surface area is 78.7 Å². The number of aryl methyl sites for hydroxylation is 1. The van der Waals surface area contributed by atoms with Crippen LogP contribution in [-0.4, -0.2) is 9.97 Å². The molecule has 0 amide bonds. The van der Waals surface area contributed by atoms with Crippen molar-refractivity contribution in [1.82, 2.24) is 9.97 Å². The average Bonchev–Trinajstić information content (AvgIpc) is 2.16. The third-order valence-electron chi connectivity index (χ3n) is 0.795. The predicted octanol–water partition coefficient (Wildman–Crippen LogP) is 2.19. The number of halogens is 1. The molecule has 0 aliphatic carbocycles. The Kier molecular flexibility index (Phi) is 0.935. The normalized spacial score (nSPS) is 24.3. The lowest BCUT2D eigenvalue weighted by Crippen LogP contribution is -1.91. The van der Waals surface area contributed by atoms with Gasteiger partial charge in [-0.3, -0.25) is 0 Å². The summed E-state index contributed by atoms with van der Waals surface area (Å²) in [7, 11) is 0. The highest BCUT2D eigenvalue weighted by Gasteiger charge is 1.92. The van der Waals surface area contributed by atoms with Crippen molar-refractivity contribution in [2.75, 3.05) is 0 Å². The zero-order chi connectivity index (χ0) is 13.5. The van der Waals surface area contributed by atoms with Crippen LogP contribution >= 0.6 is 15.9 Å². The summed E-state index contributed by atoms with van der Waals surface area (Å²) in [6.45, 7) is -3.10. The smallest absolute Gasteiger partial charge is 0.128 e. The molecule has 0 bridgehead atoms. The van der Waals surface area contributed by atoms with Crippen LogP contribution in [0.5, 0.6) is 0 Å². The molecule has 0 unspecified atom stereocenters. The van der Waals surface area contributed by atoms with Crippen molar-refractivity contribution >= 4 is 15.9 Å². The fraction of sp³-hybridized carbons (Fsp3) is 0.429. The van der Waals surface area contributed by atoms with Gasteiger partial charge in [0.15, 0.2) is 0 Å². The summed E-state index contributed by atoms with van der Waals surface area (Å²) < 4.78 is 51.6. The quantitative estimate of drug-likeness (QED) is 0.744. The molecule has 1 aromatic rings. The number of aromatic nitrogens is 2. The van der Waals surface area contributed by atoms with Crippen molar-refractivity contribution in [2.45, 2.75) is 19.6 Å². The highest BCUT2D eigenvalue weighted by molar-refractivity contribution is 9.10. The number of hydrogen-bond donors (Lipinski definition) is 0. The molecule has 1 aromatic heterocycles. The van der Waals surface area contributed by atoms with Crippen LogP contribution in [0.1, 0.15) is 28.6 Å². The van der Waals surface area contributed by atoms with E-state index in [1.165, 1.54) is 12.4 Å². The monoisotopic (exact) mass is 207 g/mol. The Hall–Kier alpha value is -0.440. The minimum Gasteiger partial charge on any atom is -0.240 e. The third-order valence-corrected chi connectivity index (χ3v) is 1.20. The third kappa shape index (κ3) is 2.06. The summed E-state index contributed by atoms with van der Waals surface area (Å²) in [6, 6.07) is 0. The predicted molar refractivity (Wildman–Crippen MR) is 43.7 cm³/mol. The van der Waals surface area contributed by atoms with Crippen LogP contribution in [-0.2, 0) is 6.37 Å². The van der Waals surface area contributed by atoms with E-state index in [1.54, 1.807) is 0 Å². The van der Waals surface area contributed by atoms with Crippen LogP contribution < -0.4 is 0 Å². The lowest BCUT2D eigenvalue weighted by Gasteiger charge is -1.94. The minimum absolute atomic E-state index is 0.492. The van der Waals surface area contributed by atoms with E-state index in [4.69, 9.17) is 9.60 Å². The Morgan fingerprint density at radius 2 is 2.40 bits per heavy atom. The van der Waals surface area contributed by atoms with Gasteiger partial charge in [-0.1, -0.05) is 6.85 Å². The van der Waals surface area contributed by atoms with E-state index in [1.807, 2.05) is 0 Å². The fourth-order valence-corrected chi connectivity index (χ4v) is 0.637. The van der Waals surface area contributed by atoms with Crippen molar-refractivity contribution < 1.29 is 9.60 Å². The molecule has 1 rings (SSSR count). The zero-order valence-corrected chi connectivity index (χ0v) is 6.51. The van der Waals surface area contributed by atoms with Crippen LogP contribution in [0.15, 0.2) is 16.9 Å². The van der Waals surface area contributed by atoms with Gasteiger partial charge in [-0.05, 0) is 22.3 Å². The molecule has 0 N–H and O–H groups in total. The van der Waals surface area contributed by atoms with E-state index in [-0.39, 0.29) is 0 Å². The molecule has 0 saturated heterocycles. The molecule has 0 aliphatic rings. The standard InChI is InChI=1S/C7H9BrN2/c1-2-3-7-9-4-6(8)5-10-7/h4-5H,2-3H2,1H3/i1D3,2D2,3D2. The second-order valence-corrected chi connectivity index (χ2v) is 2.39. The van der Waals surface area contributed by atoms with Gasteiger partial charge in [-0.15, -0.1) is 0 Å².